The lowest BCUT2D eigenvalue weighted by atomic mass is 9.97. The van der Waals surface area contributed by atoms with E-state index < -0.39 is 12.1 Å². The molecule has 1 aromatic rings. The van der Waals surface area contributed by atoms with Gasteiger partial charge < -0.3 is 5.73 Å². The molecular formula is C20H25N6O3+. The molecule has 4 amide bonds. The summed E-state index contributed by atoms with van der Waals surface area (Å²) in [5.74, 6) is 0.415. The highest BCUT2D eigenvalue weighted by molar-refractivity contribution is 6.25. The van der Waals surface area contributed by atoms with Gasteiger partial charge in [-0.05, 0) is 18.4 Å². The van der Waals surface area contributed by atoms with Crippen molar-refractivity contribution in [1.82, 2.24) is 14.7 Å². The molecule has 1 atom stereocenters. The van der Waals surface area contributed by atoms with Crippen LogP contribution in [0, 0.1) is 5.92 Å². The zero-order valence-corrected chi connectivity index (χ0v) is 16.6. The minimum Gasteiger partial charge on any atom is -0.369 e. The molecule has 2 fully saturated rings. The number of rotatable bonds is 3. The lowest BCUT2D eigenvalue weighted by Crippen LogP contribution is -2.62. The zero-order valence-electron chi connectivity index (χ0n) is 16.6. The highest BCUT2D eigenvalue weighted by Crippen LogP contribution is 2.26. The van der Waals surface area contributed by atoms with Crippen LogP contribution in [0.4, 0.5) is 4.79 Å². The van der Waals surface area contributed by atoms with Crippen molar-refractivity contribution >= 4 is 29.6 Å². The maximum Gasteiger partial charge on any atom is 0.392 e. The van der Waals surface area contributed by atoms with E-state index in [0.717, 1.165) is 10.5 Å². The van der Waals surface area contributed by atoms with Gasteiger partial charge in [-0.3, -0.25) is 24.0 Å². The predicted molar refractivity (Wildman–Crippen MR) is 106 cm³/mol. The summed E-state index contributed by atoms with van der Waals surface area (Å²) in [6, 6.07) is 8.82. The summed E-state index contributed by atoms with van der Waals surface area (Å²) in [7, 11) is 3.13. The molecule has 1 unspecified atom stereocenters. The Morgan fingerprint density at radius 3 is 2.41 bits per heavy atom. The van der Waals surface area contributed by atoms with E-state index in [9.17, 15) is 14.4 Å². The number of nitrogens with two attached hydrogens (primary N) is 1. The normalized spacial score (nSPS) is 24.8. The Morgan fingerprint density at radius 2 is 1.79 bits per heavy atom. The monoisotopic (exact) mass is 397 g/mol. The maximum atomic E-state index is 13.0. The third-order valence-corrected chi connectivity index (χ3v) is 5.89. The van der Waals surface area contributed by atoms with Gasteiger partial charge in [0.1, 0.15) is 0 Å². The molecule has 0 saturated carbocycles. The first-order valence-corrected chi connectivity index (χ1v) is 9.74. The fourth-order valence-corrected chi connectivity index (χ4v) is 4.14. The Morgan fingerprint density at radius 1 is 1.14 bits per heavy atom. The molecule has 2 N–H and O–H groups in total. The van der Waals surface area contributed by atoms with Crippen LogP contribution >= 0.6 is 0 Å². The van der Waals surface area contributed by atoms with Gasteiger partial charge in [-0.25, -0.2) is 9.69 Å². The molecule has 152 valence electrons. The summed E-state index contributed by atoms with van der Waals surface area (Å²) < 4.78 is 2.08. The second kappa shape index (κ2) is 7.31. The summed E-state index contributed by atoms with van der Waals surface area (Å²) in [5.41, 5.74) is 6.51. The van der Waals surface area contributed by atoms with Gasteiger partial charge in [-0.2, -0.15) is 0 Å². The Hall–Kier alpha value is -3.23. The molecular weight excluding hydrogens is 372 g/mol. The van der Waals surface area contributed by atoms with Gasteiger partial charge in [0.2, 0.25) is 17.8 Å². The number of hydrogen-bond donors (Lipinski definition) is 1. The topological polar surface area (TPSA) is 102 Å². The van der Waals surface area contributed by atoms with E-state index in [0.29, 0.717) is 44.3 Å². The van der Waals surface area contributed by atoms with Crippen molar-refractivity contribution in [2.24, 2.45) is 16.6 Å². The molecule has 0 bridgehead atoms. The third-order valence-electron chi connectivity index (χ3n) is 5.89. The van der Waals surface area contributed by atoms with Crippen molar-refractivity contribution in [3.8, 4) is 0 Å². The van der Waals surface area contributed by atoms with Gasteiger partial charge in [-0.1, -0.05) is 35.3 Å². The fraction of sp³-hybridized carbons (Fsp3) is 0.450. The van der Waals surface area contributed by atoms with Crippen molar-refractivity contribution in [2.45, 2.75) is 25.4 Å². The number of nitrogens with zero attached hydrogens (tertiary/aromatic N) is 5. The van der Waals surface area contributed by atoms with Crippen molar-refractivity contribution in [3.63, 3.8) is 0 Å². The van der Waals surface area contributed by atoms with Crippen molar-refractivity contribution < 1.29 is 19.0 Å². The van der Waals surface area contributed by atoms with Gasteiger partial charge in [-0.15, -0.1) is 0 Å². The summed E-state index contributed by atoms with van der Waals surface area (Å²) >= 11 is 0. The highest BCUT2D eigenvalue weighted by Gasteiger charge is 2.55. The van der Waals surface area contributed by atoms with Crippen LogP contribution in [0.15, 0.2) is 35.3 Å². The molecule has 1 aromatic carbocycles. The van der Waals surface area contributed by atoms with Gasteiger partial charge in [0.05, 0.1) is 19.6 Å². The van der Waals surface area contributed by atoms with E-state index in [1.165, 1.54) is 11.9 Å². The van der Waals surface area contributed by atoms with Gasteiger partial charge in [0.25, 0.3) is 5.91 Å². The quantitative estimate of drug-likeness (QED) is 0.729. The van der Waals surface area contributed by atoms with Crippen LogP contribution in [0.2, 0.25) is 0 Å². The number of carbonyl (C=O) groups is 3. The van der Waals surface area contributed by atoms with Crippen LogP contribution < -0.4 is 5.73 Å². The minimum atomic E-state index is -0.647. The first kappa shape index (κ1) is 19.1. The van der Waals surface area contributed by atoms with Gasteiger partial charge >= 0.3 is 12.0 Å². The number of hydrogen-bond acceptors (Lipinski definition) is 3. The third kappa shape index (κ3) is 3.26. The van der Waals surface area contributed by atoms with Gasteiger partial charge in [0.15, 0.2) is 0 Å². The number of guanidine groups is 1. The molecule has 3 aliphatic rings. The van der Waals surface area contributed by atoms with Gasteiger partial charge in [0, 0.05) is 20.0 Å². The second-order valence-corrected chi connectivity index (χ2v) is 7.69. The number of primary amides is 1. The number of imide groups is 1. The lowest BCUT2D eigenvalue weighted by molar-refractivity contribution is -0.545. The van der Waals surface area contributed by atoms with Crippen molar-refractivity contribution in [2.75, 3.05) is 27.2 Å². The van der Waals surface area contributed by atoms with Crippen LogP contribution in [0.5, 0.6) is 0 Å². The molecule has 0 aromatic heterocycles. The van der Waals surface area contributed by atoms with E-state index in [1.54, 1.807) is 7.05 Å². The van der Waals surface area contributed by atoms with E-state index >= 15 is 0 Å². The lowest BCUT2D eigenvalue weighted by Gasteiger charge is -2.33. The predicted octanol–water partition coefficient (Wildman–Crippen LogP) is 0.0569. The summed E-state index contributed by atoms with van der Waals surface area (Å²) in [6.07, 6.45) is 1.30. The van der Waals surface area contributed by atoms with E-state index in [1.807, 2.05) is 35.2 Å². The smallest absolute Gasteiger partial charge is 0.369 e. The van der Waals surface area contributed by atoms with Crippen LogP contribution in [0.1, 0.15) is 18.4 Å². The molecule has 9 heteroatoms. The zero-order chi connectivity index (χ0) is 20.7. The molecule has 0 aliphatic carbocycles. The molecule has 2 saturated heterocycles. The molecule has 9 nitrogen and oxygen atoms in total. The number of amidine groups is 1. The summed E-state index contributed by atoms with van der Waals surface area (Å²) in [6.45, 7) is 1.74. The number of carbonyl (C=O) groups excluding carboxylic acids is 3. The Kier molecular flexibility index (Phi) is 4.81. The summed E-state index contributed by atoms with van der Waals surface area (Å²) in [5, 5.41) is 0. The van der Waals surface area contributed by atoms with Crippen LogP contribution in [0.25, 0.3) is 0 Å². The molecule has 0 spiro atoms. The summed E-state index contributed by atoms with van der Waals surface area (Å²) in [4.78, 5) is 46.2. The Bertz CT molecular complexity index is 915. The average molecular weight is 397 g/mol. The van der Waals surface area contributed by atoms with E-state index in [-0.39, 0.29) is 17.7 Å². The standard InChI is InChI=1S/C20H24N6O3/c1-23-17-15(18(28)24(2)20(23)29)26(12-13-6-4-3-5-7-13)19(22-17)25-10-8-14(9-11-25)16(21)27/h3-7,14-15H,8-12H2,1-2H3,(H-,21,27)/p+1. The molecule has 3 aliphatic heterocycles. The number of aliphatic imine (C=N–C) groups is 1. The number of piperidine rings is 1. The van der Waals surface area contributed by atoms with Crippen LogP contribution in [0.3, 0.4) is 0 Å². The van der Waals surface area contributed by atoms with Crippen LogP contribution in [-0.4, -0.2) is 82.1 Å². The Labute approximate surface area is 169 Å². The highest BCUT2D eigenvalue weighted by atomic mass is 16.2. The largest absolute Gasteiger partial charge is 0.392 e. The fourth-order valence-electron chi connectivity index (χ4n) is 4.14. The molecule has 29 heavy (non-hydrogen) atoms. The molecule has 3 heterocycles. The first-order chi connectivity index (χ1) is 13.9. The number of urea groups is 1. The average Bonchev–Trinajstić information content (AvgIpc) is 3.10. The minimum absolute atomic E-state index is 0.136. The second-order valence-electron chi connectivity index (χ2n) is 7.69. The number of amides is 4. The molecule has 4 rings (SSSR count). The number of likely N-dealkylation sites (N-methyl/N-ethyl adjacent to an activating group) is 2. The molecule has 0 radical (unpaired) electrons. The SMILES string of the molecule is CN1C(=O)C2C(=NC(=[N+]3CCC(C(N)=O)CC3)N2Cc2ccccc2)N(C)C1=O. The first-order valence-electron chi connectivity index (χ1n) is 9.74. The number of benzene rings is 1. The van der Waals surface area contributed by atoms with E-state index in [2.05, 4.69) is 4.58 Å². The van der Waals surface area contributed by atoms with Crippen molar-refractivity contribution in [3.05, 3.63) is 35.9 Å². The number of fused-ring (bicyclic) bond motifs is 1. The van der Waals surface area contributed by atoms with Crippen LogP contribution in [-0.2, 0) is 16.1 Å². The van der Waals surface area contributed by atoms with Crippen molar-refractivity contribution in [1.29, 1.82) is 0 Å². The van der Waals surface area contributed by atoms with E-state index in [4.69, 9.17) is 10.7 Å². The Balaban J connectivity index is 1.73. The maximum absolute atomic E-state index is 13.0.